The Morgan fingerprint density at radius 3 is 2.66 bits per heavy atom. The number of aryl methyl sites for hydroxylation is 1. The highest BCUT2D eigenvalue weighted by Crippen LogP contribution is 2.17. The van der Waals surface area contributed by atoms with Gasteiger partial charge in [-0.15, -0.1) is 11.3 Å². The van der Waals surface area contributed by atoms with Gasteiger partial charge in [-0.1, -0.05) is 42.5 Å². The predicted molar refractivity (Wildman–Crippen MR) is 117 cm³/mol. The molecule has 0 fully saturated rings. The molecule has 3 amide bonds. The van der Waals surface area contributed by atoms with Crippen molar-refractivity contribution in [2.45, 2.75) is 25.8 Å². The summed E-state index contributed by atoms with van der Waals surface area (Å²) in [7, 11) is 0. The van der Waals surface area contributed by atoms with E-state index in [-0.39, 0.29) is 11.9 Å². The molecule has 1 aromatic heterocycles. The summed E-state index contributed by atoms with van der Waals surface area (Å²) >= 11 is 1.37. The summed E-state index contributed by atoms with van der Waals surface area (Å²) in [6.07, 6.45) is 1.76. The average Bonchev–Trinajstić information content (AvgIpc) is 3.14. The summed E-state index contributed by atoms with van der Waals surface area (Å²) in [6, 6.07) is 16.8. The third kappa shape index (κ3) is 7.04. The standard InChI is InChI=1S/C22H23N4O2S/c1-16-7-5-10-18(13-16)24-20(27)12-6-11-19-15-29-22(25-19)26-21(28)23-14-17-8-3-2-4-9-17/h2-5,7-10,13,15H,1,6,11-12,14H2,(H,24,27)(H2,23,25,26,28). The van der Waals surface area contributed by atoms with E-state index in [1.54, 1.807) is 0 Å². The van der Waals surface area contributed by atoms with Crippen LogP contribution in [0.3, 0.4) is 0 Å². The Balaban J connectivity index is 1.37. The van der Waals surface area contributed by atoms with Crippen LogP contribution >= 0.6 is 11.3 Å². The molecule has 0 unspecified atom stereocenters. The van der Waals surface area contributed by atoms with Gasteiger partial charge in [0, 0.05) is 24.0 Å². The molecule has 0 aliphatic heterocycles. The highest BCUT2D eigenvalue weighted by atomic mass is 32.1. The fraction of sp³-hybridized carbons (Fsp3) is 0.182. The number of carbonyl (C=O) groups is 2. The molecule has 7 heteroatoms. The van der Waals surface area contributed by atoms with Gasteiger partial charge in [0.25, 0.3) is 0 Å². The fourth-order valence-electron chi connectivity index (χ4n) is 2.70. The molecular weight excluding hydrogens is 384 g/mol. The van der Waals surface area contributed by atoms with Crippen LogP contribution in [0.25, 0.3) is 0 Å². The number of anilines is 2. The third-order valence-corrected chi connectivity index (χ3v) is 4.92. The van der Waals surface area contributed by atoms with Crippen LogP contribution in [-0.2, 0) is 17.8 Å². The van der Waals surface area contributed by atoms with E-state index >= 15 is 0 Å². The van der Waals surface area contributed by atoms with Crippen LogP contribution in [-0.4, -0.2) is 16.9 Å². The van der Waals surface area contributed by atoms with Gasteiger partial charge >= 0.3 is 6.03 Å². The predicted octanol–water partition coefficient (Wildman–Crippen LogP) is 4.61. The zero-order valence-corrected chi connectivity index (χ0v) is 16.8. The van der Waals surface area contributed by atoms with Crippen molar-refractivity contribution >= 4 is 34.1 Å². The second-order valence-electron chi connectivity index (χ2n) is 6.54. The zero-order chi connectivity index (χ0) is 20.5. The van der Waals surface area contributed by atoms with Crippen LogP contribution in [0.15, 0.2) is 60.0 Å². The molecule has 3 N–H and O–H groups in total. The second kappa shape index (κ2) is 10.4. The number of hydrogen-bond acceptors (Lipinski definition) is 4. The molecule has 6 nitrogen and oxygen atoms in total. The molecule has 0 aliphatic carbocycles. The molecule has 0 aliphatic rings. The summed E-state index contributed by atoms with van der Waals surface area (Å²) in [6.45, 7) is 4.30. The minimum Gasteiger partial charge on any atom is -0.334 e. The van der Waals surface area contributed by atoms with E-state index in [1.165, 1.54) is 11.3 Å². The van der Waals surface area contributed by atoms with E-state index in [4.69, 9.17) is 0 Å². The molecule has 3 aromatic rings. The first kappa shape index (κ1) is 20.5. The lowest BCUT2D eigenvalue weighted by molar-refractivity contribution is -0.116. The van der Waals surface area contributed by atoms with Crippen LogP contribution in [0.2, 0.25) is 0 Å². The number of nitrogens with zero attached hydrogens (tertiary/aromatic N) is 1. The first-order chi connectivity index (χ1) is 14.1. The monoisotopic (exact) mass is 407 g/mol. The molecule has 1 heterocycles. The zero-order valence-electron chi connectivity index (χ0n) is 16.0. The topological polar surface area (TPSA) is 83.1 Å². The van der Waals surface area contributed by atoms with E-state index in [1.807, 2.05) is 60.0 Å². The lowest BCUT2D eigenvalue weighted by Gasteiger charge is -2.06. The van der Waals surface area contributed by atoms with Crippen molar-refractivity contribution in [2.75, 3.05) is 10.6 Å². The smallest absolute Gasteiger partial charge is 0.321 e. The highest BCUT2D eigenvalue weighted by Gasteiger charge is 2.08. The number of amides is 3. The Morgan fingerprint density at radius 1 is 1.03 bits per heavy atom. The van der Waals surface area contributed by atoms with Gasteiger partial charge in [0.1, 0.15) is 0 Å². The van der Waals surface area contributed by atoms with E-state index in [0.717, 1.165) is 22.5 Å². The van der Waals surface area contributed by atoms with E-state index in [0.29, 0.717) is 30.9 Å². The van der Waals surface area contributed by atoms with E-state index in [2.05, 4.69) is 27.9 Å². The quantitative estimate of drug-likeness (QED) is 0.510. The van der Waals surface area contributed by atoms with Gasteiger partial charge in [0.05, 0.1) is 5.69 Å². The number of nitrogens with one attached hydrogen (secondary N) is 3. The highest BCUT2D eigenvalue weighted by molar-refractivity contribution is 7.13. The minimum atomic E-state index is -0.290. The molecule has 149 valence electrons. The molecule has 0 atom stereocenters. The maximum Gasteiger partial charge on any atom is 0.321 e. The molecule has 0 bridgehead atoms. The summed E-state index contributed by atoms with van der Waals surface area (Å²) in [5.74, 6) is -0.0375. The maximum atomic E-state index is 12.0. The molecule has 1 radical (unpaired) electrons. The van der Waals surface area contributed by atoms with Crippen molar-refractivity contribution in [1.82, 2.24) is 10.3 Å². The summed E-state index contributed by atoms with van der Waals surface area (Å²) in [5, 5.41) is 10.9. The summed E-state index contributed by atoms with van der Waals surface area (Å²) < 4.78 is 0. The molecule has 29 heavy (non-hydrogen) atoms. The Hall–Kier alpha value is -3.19. The van der Waals surface area contributed by atoms with Crippen LogP contribution in [0.4, 0.5) is 15.6 Å². The van der Waals surface area contributed by atoms with Crippen molar-refractivity contribution in [3.8, 4) is 0 Å². The third-order valence-electron chi connectivity index (χ3n) is 4.12. The van der Waals surface area contributed by atoms with Crippen LogP contribution < -0.4 is 16.0 Å². The van der Waals surface area contributed by atoms with Gasteiger partial charge in [-0.05, 0) is 43.0 Å². The first-order valence-corrected chi connectivity index (χ1v) is 10.2. The van der Waals surface area contributed by atoms with Crippen molar-refractivity contribution in [3.63, 3.8) is 0 Å². The molecule has 0 spiro atoms. The number of urea groups is 1. The van der Waals surface area contributed by atoms with Crippen molar-refractivity contribution in [2.24, 2.45) is 0 Å². The Bertz CT molecular complexity index is 956. The molecule has 3 rings (SSSR count). The Morgan fingerprint density at radius 2 is 1.86 bits per heavy atom. The number of hydrogen-bond donors (Lipinski definition) is 3. The maximum absolute atomic E-state index is 12.0. The Kier molecular flexibility index (Phi) is 7.35. The van der Waals surface area contributed by atoms with E-state index in [9.17, 15) is 9.59 Å². The normalized spacial score (nSPS) is 10.4. The van der Waals surface area contributed by atoms with Crippen molar-refractivity contribution < 1.29 is 9.59 Å². The molecule has 0 saturated heterocycles. The summed E-state index contributed by atoms with van der Waals surface area (Å²) in [4.78, 5) is 28.4. The minimum absolute atomic E-state index is 0.0375. The summed E-state index contributed by atoms with van der Waals surface area (Å²) in [5.41, 5.74) is 3.51. The van der Waals surface area contributed by atoms with Gasteiger partial charge in [-0.25, -0.2) is 9.78 Å². The Labute approximate surface area is 174 Å². The van der Waals surface area contributed by atoms with Gasteiger partial charge in [-0.2, -0.15) is 0 Å². The van der Waals surface area contributed by atoms with Gasteiger partial charge in [0.15, 0.2) is 5.13 Å². The molecule has 2 aromatic carbocycles. The number of aromatic nitrogens is 1. The molecular formula is C22H23N4O2S. The largest absolute Gasteiger partial charge is 0.334 e. The second-order valence-corrected chi connectivity index (χ2v) is 7.40. The number of thiazole rings is 1. The van der Waals surface area contributed by atoms with Gasteiger partial charge in [0.2, 0.25) is 5.91 Å². The van der Waals surface area contributed by atoms with Crippen molar-refractivity contribution in [1.29, 1.82) is 0 Å². The number of benzene rings is 2. The van der Waals surface area contributed by atoms with Crippen molar-refractivity contribution in [3.05, 3.63) is 83.7 Å². The average molecular weight is 408 g/mol. The van der Waals surface area contributed by atoms with Crippen LogP contribution in [0, 0.1) is 6.92 Å². The van der Waals surface area contributed by atoms with Crippen LogP contribution in [0.1, 0.15) is 29.7 Å². The lowest BCUT2D eigenvalue weighted by atomic mass is 10.2. The first-order valence-electron chi connectivity index (χ1n) is 9.33. The number of carbonyl (C=O) groups excluding carboxylic acids is 2. The lowest BCUT2D eigenvalue weighted by Crippen LogP contribution is -2.28. The molecule has 0 saturated carbocycles. The van der Waals surface area contributed by atoms with Gasteiger partial charge < -0.3 is 10.6 Å². The SMILES string of the molecule is [CH2]c1cccc(NC(=O)CCCc2csc(NC(=O)NCc3ccccc3)n2)c1. The number of rotatable bonds is 8. The van der Waals surface area contributed by atoms with Gasteiger partial charge in [-0.3, -0.25) is 10.1 Å². The fourth-order valence-corrected chi connectivity index (χ4v) is 3.44. The van der Waals surface area contributed by atoms with E-state index < -0.39 is 0 Å². The van der Waals surface area contributed by atoms with Crippen LogP contribution in [0.5, 0.6) is 0 Å².